The lowest BCUT2D eigenvalue weighted by atomic mass is 10.1. The fraction of sp³-hybridized carbons (Fsp3) is 0.190. The van der Waals surface area contributed by atoms with Crippen molar-refractivity contribution in [1.82, 2.24) is 0 Å². The standard InChI is InChI=1S/C21H21NO2/c1-3-16-11-13-18(14-12-16)22-21(23)15(2)24-20-10-6-8-17-7-4-5-9-19(17)20/h4-15H,3H2,1-2H3,(H,22,23)/t15-/m1/s1. The lowest BCUT2D eigenvalue weighted by molar-refractivity contribution is -0.122. The number of carbonyl (C=O) groups is 1. The fourth-order valence-corrected chi connectivity index (χ4v) is 2.61. The molecule has 0 saturated heterocycles. The zero-order valence-electron chi connectivity index (χ0n) is 14.0. The van der Waals surface area contributed by atoms with E-state index in [0.717, 1.165) is 28.6 Å². The zero-order valence-corrected chi connectivity index (χ0v) is 14.0. The van der Waals surface area contributed by atoms with Crippen LogP contribution in [0.4, 0.5) is 5.69 Å². The van der Waals surface area contributed by atoms with Crippen LogP contribution in [0, 0.1) is 0 Å². The third-order valence-corrected chi connectivity index (χ3v) is 4.05. The van der Waals surface area contributed by atoms with Crippen molar-refractivity contribution in [3.05, 3.63) is 72.3 Å². The van der Waals surface area contributed by atoms with Gasteiger partial charge in [-0.2, -0.15) is 0 Å². The summed E-state index contributed by atoms with van der Waals surface area (Å²) in [6.07, 6.45) is 0.399. The first-order valence-electron chi connectivity index (χ1n) is 8.21. The molecule has 24 heavy (non-hydrogen) atoms. The molecule has 0 heterocycles. The number of nitrogens with one attached hydrogen (secondary N) is 1. The van der Waals surface area contributed by atoms with E-state index in [2.05, 4.69) is 12.2 Å². The molecule has 0 aliphatic heterocycles. The van der Waals surface area contributed by atoms with E-state index in [0.29, 0.717) is 0 Å². The van der Waals surface area contributed by atoms with Crippen LogP contribution in [0.3, 0.4) is 0 Å². The largest absolute Gasteiger partial charge is 0.480 e. The molecule has 0 saturated carbocycles. The van der Waals surface area contributed by atoms with Crippen LogP contribution in [-0.4, -0.2) is 12.0 Å². The van der Waals surface area contributed by atoms with Crippen molar-refractivity contribution in [2.45, 2.75) is 26.4 Å². The van der Waals surface area contributed by atoms with Gasteiger partial charge in [-0.15, -0.1) is 0 Å². The van der Waals surface area contributed by atoms with Gasteiger partial charge in [0.2, 0.25) is 0 Å². The van der Waals surface area contributed by atoms with Gasteiger partial charge in [0.1, 0.15) is 5.75 Å². The number of anilines is 1. The highest BCUT2D eigenvalue weighted by atomic mass is 16.5. The minimum atomic E-state index is -0.582. The van der Waals surface area contributed by atoms with Crippen LogP contribution >= 0.6 is 0 Å². The van der Waals surface area contributed by atoms with Gasteiger partial charge in [-0.3, -0.25) is 4.79 Å². The minimum Gasteiger partial charge on any atom is -0.480 e. The second-order valence-electron chi connectivity index (χ2n) is 5.78. The van der Waals surface area contributed by atoms with Crippen molar-refractivity contribution in [3.8, 4) is 5.75 Å². The summed E-state index contributed by atoms with van der Waals surface area (Å²) in [5.74, 6) is 0.560. The Morgan fingerprint density at radius 2 is 1.71 bits per heavy atom. The van der Waals surface area contributed by atoms with Gasteiger partial charge >= 0.3 is 0 Å². The Hall–Kier alpha value is -2.81. The molecular weight excluding hydrogens is 298 g/mol. The fourth-order valence-electron chi connectivity index (χ4n) is 2.61. The van der Waals surface area contributed by atoms with Crippen LogP contribution in [0.25, 0.3) is 10.8 Å². The molecule has 0 aliphatic rings. The second kappa shape index (κ2) is 7.18. The van der Waals surface area contributed by atoms with Crippen molar-refractivity contribution in [1.29, 1.82) is 0 Å². The maximum Gasteiger partial charge on any atom is 0.265 e. The molecule has 0 radical (unpaired) electrons. The van der Waals surface area contributed by atoms with E-state index in [1.807, 2.05) is 66.7 Å². The number of fused-ring (bicyclic) bond motifs is 1. The van der Waals surface area contributed by atoms with Gasteiger partial charge in [0.05, 0.1) is 0 Å². The van der Waals surface area contributed by atoms with Gasteiger partial charge in [0.15, 0.2) is 6.10 Å². The molecule has 0 unspecified atom stereocenters. The molecule has 0 aliphatic carbocycles. The first-order valence-corrected chi connectivity index (χ1v) is 8.21. The molecule has 0 bridgehead atoms. The maximum atomic E-state index is 12.4. The summed E-state index contributed by atoms with van der Waals surface area (Å²) in [6.45, 7) is 3.87. The maximum absolute atomic E-state index is 12.4. The molecule has 1 atom stereocenters. The van der Waals surface area contributed by atoms with Gasteiger partial charge in [-0.25, -0.2) is 0 Å². The van der Waals surface area contributed by atoms with Gasteiger partial charge in [0.25, 0.3) is 5.91 Å². The first-order chi connectivity index (χ1) is 11.7. The summed E-state index contributed by atoms with van der Waals surface area (Å²) in [7, 11) is 0. The summed E-state index contributed by atoms with van der Waals surface area (Å²) < 4.78 is 5.89. The van der Waals surface area contributed by atoms with Crippen molar-refractivity contribution in [2.24, 2.45) is 0 Å². The molecule has 0 aromatic heterocycles. The molecule has 0 fully saturated rings. The third-order valence-electron chi connectivity index (χ3n) is 4.05. The summed E-state index contributed by atoms with van der Waals surface area (Å²) in [4.78, 5) is 12.4. The number of benzene rings is 3. The summed E-state index contributed by atoms with van der Waals surface area (Å²) in [5, 5.41) is 5.00. The highest BCUT2D eigenvalue weighted by Crippen LogP contribution is 2.26. The number of ether oxygens (including phenoxy) is 1. The Labute approximate surface area is 142 Å². The van der Waals surface area contributed by atoms with Gasteiger partial charge in [-0.05, 0) is 42.5 Å². The Kier molecular flexibility index (Phi) is 4.80. The third kappa shape index (κ3) is 3.57. The smallest absolute Gasteiger partial charge is 0.265 e. The van der Waals surface area contributed by atoms with Crippen LogP contribution in [0.1, 0.15) is 19.4 Å². The predicted octanol–water partition coefficient (Wildman–Crippen LogP) is 4.81. The van der Waals surface area contributed by atoms with E-state index >= 15 is 0 Å². The summed E-state index contributed by atoms with van der Waals surface area (Å²) >= 11 is 0. The minimum absolute atomic E-state index is 0.160. The van der Waals surface area contributed by atoms with Crippen LogP contribution in [0.5, 0.6) is 5.75 Å². The molecule has 1 amide bonds. The predicted molar refractivity (Wildman–Crippen MR) is 98.5 cm³/mol. The van der Waals surface area contributed by atoms with Crippen LogP contribution in [0.2, 0.25) is 0 Å². The Balaban J connectivity index is 1.71. The van der Waals surface area contributed by atoms with E-state index in [4.69, 9.17) is 4.74 Å². The van der Waals surface area contributed by atoms with Crippen molar-refractivity contribution in [2.75, 3.05) is 5.32 Å². The van der Waals surface area contributed by atoms with E-state index in [9.17, 15) is 4.79 Å². The Morgan fingerprint density at radius 3 is 2.46 bits per heavy atom. The summed E-state index contributed by atoms with van der Waals surface area (Å²) in [5.41, 5.74) is 2.03. The van der Waals surface area contributed by atoms with Crippen molar-refractivity contribution < 1.29 is 9.53 Å². The molecule has 0 spiro atoms. The second-order valence-corrected chi connectivity index (χ2v) is 5.78. The number of rotatable bonds is 5. The lowest BCUT2D eigenvalue weighted by Crippen LogP contribution is -2.30. The van der Waals surface area contributed by atoms with Gasteiger partial charge in [0, 0.05) is 11.1 Å². The monoisotopic (exact) mass is 319 g/mol. The Bertz CT molecular complexity index is 835. The van der Waals surface area contributed by atoms with E-state index in [1.54, 1.807) is 6.92 Å². The molecule has 3 rings (SSSR count). The number of carbonyl (C=O) groups excluding carboxylic acids is 1. The van der Waals surface area contributed by atoms with Crippen molar-refractivity contribution in [3.63, 3.8) is 0 Å². The number of hydrogen-bond acceptors (Lipinski definition) is 2. The van der Waals surface area contributed by atoms with Crippen LogP contribution < -0.4 is 10.1 Å². The Morgan fingerprint density at radius 1 is 1.00 bits per heavy atom. The first kappa shape index (κ1) is 16.1. The number of amides is 1. The number of hydrogen-bond donors (Lipinski definition) is 1. The lowest BCUT2D eigenvalue weighted by Gasteiger charge is -2.16. The molecule has 3 heteroatoms. The van der Waals surface area contributed by atoms with E-state index in [-0.39, 0.29) is 5.91 Å². The molecule has 1 N–H and O–H groups in total. The normalized spacial score (nSPS) is 11.9. The van der Waals surface area contributed by atoms with Crippen molar-refractivity contribution >= 4 is 22.4 Å². The van der Waals surface area contributed by atoms with Gasteiger partial charge in [-0.1, -0.05) is 55.5 Å². The average Bonchev–Trinajstić information content (AvgIpc) is 2.62. The number of aryl methyl sites for hydroxylation is 1. The van der Waals surface area contributed by atoms with E-state index in [1.165, 1.54) is 5.56 Å². The molecular formula is C21H21NO2. The zero-order chi connectivity index (χ0) is 16.9. The SMILES string of the molecule is CCc1ccc(NC(=O)[C@@H](C)Oc2cccc3ccccc23)cc1. The average molecular weight is 319 g/mol. The highest BCUT2D eigenvalue weighted by Gasteiger charge is 2.16. The molecule has 3 aromatic carbocycles. The highest BCUT2D eigenvalue weighted by molar-refractivity contribution is 5.95. The van der Waals surface area contributed by atoms with Gasteiger partial charge < -0.3 is 10.1 Å². The van der Waals surface area contributed by atoms with Crippen LogP contribution in [-0.2, 0) is 11.2 Å². The molecule has 3 aromatic rings. The summed E-state index contributed by atoms with van der Waals surface area (Å²) in [6, 6.07) is 21.7. The van der Waals surface area contributed by atoms with Crippen LogP contribution in [0.15, 0.2) is 66.7 Å². The van der Waals surface area contributed by atoms with E-state index < -0.39 is 6.10 Å². The molecule has 122 valence electrons. The quantitative estimate of drug-likeness (QED) is 0.733. The molecule has 3 nitrogen and oxygen atoms in total. The topological polar surface area (TPSA) is 38.3 Å².